The van der Waals surface area contributed by atoms with Crippen LogP contribution in [0.2, 0.25) is 0 Å². The lowest BCUT2D eigenvalue weighted by atomic mass is 10.0. The molecule has 0 fully saturated rings. The molecule has 0 spiro atoms. The van der Waals surface area contributed by atoms with Crippen molar-refractivity contribution in [3.05, 3.63) is 80.6 Å². The summed E-state index contributed by atoms with van der Waals surface area (Å²) in [6.45, 7) is 3.87. The maximum absolute atomic E-state index is 15.6. The second-order valence-corrected chi connectivity index (χ2v) is 6.44. The first-order valence-corrected chi connectivity index (χ1v) is 10.1. The molecule has 0 saturated heterocycles. The molecule has 2 rings (SSSR count). The van der Waals surface area contributed by atoms with Gasteiger partial charge in [-0.25, -0.2) is 18.8 Å². The van der Waals surface area contributed by atoms with Crippen molar-refractivity contribution >= 4 is 17.9 Å². The van der Waals surface area contributed by atoms with E-state index < -0.39 is 45.6 Å². The molecular weight excluding hydrogens is 439 g/mol. The quantitative estimate of drug-likeness (QED) is 0.179. The second-order valence-electron chi connectivity index (χ2n) is 6.44. The van der Waals surface area contributed by atoms with E-state index in [2.05, 4.69) is 4.74 Å². The summed E-state index contributed by atoms with van der Waals surface area (Å²) >= 11 is 0. The average Bonchev–Trinajstić information content (AvgIpc) is 2.76. The highest BCUT2D eigenvalue weighted by atomic mass is 19.1. The van der Waals surface area contributed by atoms with Gasteiger partial charge in [0.15, 0.2) is 11.5 Å². The number of nitro groups is 1. The van der Waals surface area contributed by atoms with E-state index >= 15 is 4.39 Å². The number of hydrogen-bond acceptors (Lipinski definition) is 9. The number of carbonyl (C=O) groups excluding carboxylic acids is 3. The first-order valence-electron chi connectivity index (χ1n) is 10.1. The fraction of sp³-hybridized carbons (Fsp3) is 0.318. The maximum atomic E-state index is 15.6. The standard InChI is InChI=1S/C22H23FN2O8/c1-4-31-20(26)16-12-15(18(25(29)30)21(27)32-5-2)17(23)19(22(28)33-6-3)24(16)13-14-10-8-7-9-11-14/h7-12H,4-6,13H2,1-3H3. The smallest absolute Gasteiger partial charge is 0.410 e. The third-order valence-electron chi connectivity index (χ3n) is 4.33. The van der Waals surface area contributed by atoms with Crippen molar-refractivity contribution in [2.24, 2.45) is 0 Å². The Kier molecular flexibility index (Phi) is 8.84. The largest absolute Gasteiger partial charge is 0.461 e. The third kappa shape index (κ3) is 5.82. The molecule has 0 saturated carbocycles. The summed E-state index contributed by atoms with van der Waals surface area (Å²) in [5, 5.41) is 11.6. The van der Waals surface area contributed by atoms with E-state index in [1.165, 1.54) is 20.8 Å². The number of esters is 3. The summed E-state index contributed by atoms with van der Waals surface area (Å²) in [4.78, 5) is 49.2. The Morgan fingerprint density at radius 2 is 1.55 bits per heavy atom. The van der Waals surface area contributed by atoms with Gasteiger partial charge in [0.2, 0.25) is 0 Å². The van der Waals surface area contributed by atoms with Gasteiger partial charge < -0.3 is 19.1 Å². The Morgan fingerprint density at radius 3 is 2.09 bits per heavy atom. The second kappa shape index (κ2) is 11.6. The molecule has 33 heavy (non-hydrogen) atoms. The van der Waals surface area contributed by atoms with E-state index in [1.54, 1.807) is 30.3 Å². The molecule has 11 heteroatoms. The van der Waals surface area contributed by atoms with Crippen molar-refractivity contribution in [3.63, 3.8) is 0 Å². The summed E-state index contributed by atoms with van der Waals surface area (Å²) in [6, 6.07) is 8.50. The van der Waals surface area contributed by atoms with Crippen LogP contribution in [-0.4, -0.2) is 47.6 Å². The van der Waals surface area contributed by atoms with Gasteiger partial charge in [-0.2, -0.15) is 0 Å². The van der Waals surface area contributed by atoms with Crippen LogP contribution in [0.4, 0.5) is 4.39 Å². The number of allylic oxidation sites excluding steroid dienone is 3. The molecule has 0 atom stereocenters. The lowest BCUT2D eigenvalue weighted by Crippen LogP contribution is -2.36. The molecule has 0 N–H and O–H groups in total. The van der Waals surface area contributed by atoms with Crippen molar-refractivity contribution in [1.82, 2.24) is 4.90 Å². The topological polar surface area (TPSA) is 125 Å². The Balaban J connectivity index is 2.82. The van der Waals surface area contributed by atoms with Crippen LogP contribution < -0.4 is 0 Å². The lowest BCUT2D eigenvalue weighted by Gasteiger charge is -2.31. The summed E-state index contributed by atoms with van der Waals surface area (Å²) in [5.41, 5.74) is -2.73. The minimum absolute atomic E-state index is 0.0602. The number of carbonyl (C=O) groups is 3. The van der Waals surface area contributed by atoms with E-state index in [4.69, 9.17) is 9.47 Å². The molecule has 1 heterocycles. The zero-order chi connectivity index (χ0) is 24.5. The highest BCUT2D eigenvalue weighted by Gasteiger charge is 2.41. The van der Waals surface area contributed by atoms with E-state index in [-0.39, 0.29) is 32.1 Å². The fourth-order valence-electron chi connectivity index (χ4n) is 3.00. The van der Waals surface area contributed by atoms with Crippen LogP contribution in [0.15, 0.2) is 64.9 Å². The van der Waals surface area contributed by atoms with E-state index in [0.29, 0.717) is 5.56 Å². The fourth-order valence-corrected chi connectivity index (χ4v) is 3.00. The summed E-state index contributed by atoms with van der Waals surface area (Å²) in [5.74, 6) is -4.99. The third-order valence-corrected chi connectivity index (χ3v) is 4.33. The average molecular weight is 462 g/mol. The Hall–Kier alpha value is -4.02. The van der Waals surface area contributed by atoms with Crippen molar-refractivity contribution in [1.29, 1.82) is 0 Å². The zero-order valence-electron chi connectivity index (χ0n) is 18.3. The van der Waals surface area contributed by atoms with Gasteiger partial charge in [-0.05, 0) is 32.4 Å². The SMILES string of the molecule is CCOC(=O)C1=CC(=C(C(=O)OCC)[N+](=O)[O-])C(F)=C(C(=O)OCC)N1Cc1ccccc1. The Labute approximate surface area is 189 Å². The molecule has 1 aliphatic heterocycles. The monoisotopic (exact) mass is 462 g/mol. The molecule has 0 aliphatic carbocycles. The summed E-state index contributed by atoms with van der Waals surface area (Å²) in [7, 11) is 0. The molecule has 1 aliphatic rings. The molecule has 0 unspecified atom stereocenters. The molecule has 0 radical (unpaired) electrons. The number of nitrogens with zero attached hydrogens (tertiary/aromatic N) is 2. The van der Waals surface area contributed by atoms with E-state index in [0.717, 1.165) is 11.0 Å². The number of rotatable bonds is 9. The van der Waals surface area contributed by atoms with Crippen molar-refractivity contribution in [3.8, 4) is 0 Å². The van der Waals surface area contributed by atoms with Crippen LogP contribution in [0.25, 0.3) is 0 Å². The zero-order valence-corrected chi connectivity index (χ0v) is 18.3. The van der Waals surface area contributed by atoms with Crippen LogP contribution in [0.3, 0.4) is 0 Å². The van der Waals surface area contributed by atoms with Crippen molar-refractivity contribution < 1.29 is 37.9 Å². The first kappa shape index (κ1) is 25.2. The summed E-state index contributed by atoms with van der Waals surface area (Å²) < 4.78 is 30.3. The van der Waals surface area contributed by atoms with E-state index in [9.17, 15) is 24.5 Å². The lowest BCUT2D eigenvalue weighted by molar-refractivity contribution is -0.422. The predicted octanol–water partition coefficient (Wildman–Crippen LogP) is 2.79. The molecule has 1 aromatic rings. The Bertz CT molecular complexity index is 1030. The minimum Gasteiger partial charge on any atom is -0.461 e. The minimum atomic E-state index is -1.42. The van der Waals surface area contributed by atoms with Crippen molar-refractivity contribution in [2.75, 3.05) is 19.8 Å². The van der Waals surface area contributed by atoms with Gasteiger partial charge in [-0.3, -0.25) is 10.1 Å². The van der Waals surface area contributed by atoms with Crippen molar-refractivity contribution in [2.45, 2.75) is 27.3 Å². The number of hydrogen-bond donors (Lipinski definition) is 0. The van der Waals surface area contributed by atoms with Gasteiger partial charge in [0.1, 0.15) is 11.3 Å². The normalized spacial score (nSPS) is 14.9. The number of halogens is 1. The molecule has 10 nitrogen and oxygen atoms in total. The number of benzene rings is 1. The molecule has 0 amide bonds. The van der Waals surface area contributed by atoms with Gasteiger partial charge in [0.05, 0.1) is 24.7 Å². The number of ether oxygens (including phenoxy) is 3. The first-order chi connectivity index (χ1) is 15.8. The molecule has 176 valence electrons. The highest BCUT2D eigenvalue weighted by Crippen LogP contribution is 2.35. The maximum Gasteiger partial charge on any atom is 0.410 e. The highest BCUT2D eigenvalue weighted by molar-refractivity contribution is 5.98. The van der Waals surface area contributed by atoms with Gasteiger partial charge in [-0.1, -0.05) is 30.3 Å². The van der Waals surface area contributed by atoms with Crippen LogP contribution >= 0.6 is 0 Å². The molecule has 1 aromatic carbocycles. The van der Waals surface area contributed by atoms with Gasteiger partial charge in [-0.15, -0.1) is 0 Å². The predicted molar refractivity (Wildman–Crippen MR) is 112 cm³/mol. The van der Waals surface area contributed by atoms with Gasteiger partial charge >= 0.3 is 23.6 Å². The molecule has 0 aromatic heterocycles. The Morgan fingerprint density at radius 1 is 0.970 bits per heavy atom. The summed E-state index contributed by atoms with van der Waals surface area (Å²) in [6.07, 6.45) is 0.800. The van der Waals surface area contributed by atoms with Crippen LogP contribution in [-0.2, 0) is 35.1 Å². The van der Waals surface area contributed by atoms with Crippen LogP contribution in [0, 0.1) is 10.1 Å². The van der Waals surface area contributed by atoms with E-state index in [1.807, 2.05) is 0 Å². The van der Waals surface area contributed by atoms with Gasteiger partial charge in [0, 0.05) is 6.54 Å². The van der Waals surface area contributed by atoms with Gasteiger partial charge in [0.25, 0.3) is 0 Å². The van der Waals surface area contributed by atoms with Crippen LogP contribution in [0.1, 0.15) is 26.3 Å². The molecular formula is C22H23FN2O8. The van der Waals surface area contributed by atoms with Crippen LogP contribution in [0.5, 0.6) is 0 Å². The molecule has 0 bridgehead atoms.